The van der Waals surface area contributed by atoms with Gasteiger partial charge in [-0.2, -0.15) is 0 Å². The molecule has 0 bridgehead atoms. The maximum absolute atomic E-state index is 13.1. The topological polar surface area (TPSA) is 57.6 Å². The van der Waals surface area contributed by atoms with Crippen LogP contribution in [-0.2, 0) is 4.79 Å². The summed E-state index contributed by atoms with van der Waals surface area (Å²) in [7, 11) is 0. The Morgan fingerprint density at radius 1 is 0.852 bits per heavy atom. The smallest absolute Gasteiger partial charge is 0.330 e. The van der Waals surface area contributed by atoms with Crippen molar-refractivity contribution < 1.29 is 14.7 Å². The number of benzene rings is 3. The van der Waals surface area contributed by atoms with Crippen LogP contribution in [0, 0.1) is 0 Å². The molecule has 1 aliphatic rings. The first kappa shape index (κ1) is 17.1. The van der Waals surface area contributed by atoms with Crippen molar-refractivity contribution in [3.05, 3.63) is 96.1 Å². The molecule has 0 fully saturated rings. The molecule has 3 aromatic rings. The van der Waals surface area contributed by atoms with E-state index in [1.54, 1.807) is 24.3 Å². The molecule has 5 heteroatoms. The SMILES string of the molecule is O=C(O)/C=C1\c2ccccc2C(=O)N1c1ccccc1Sc1ccccc1. The van der Waals surface area contributed by atoms with Gasteiger partial charge in [-0.15, -0.1) is 0 Å². The molecule has 4 nitrogen and oxygen atoms in total. The van der Waals surface area contributed by atoms with Crippen LogP contribution in [-0.4, -0.2) is 17.0 Å². The van der Waals surface area contributed by atoms with Gasteiger partial charge in [-0.1, -0.05) is 60.3 Å². The van der Waals surface area contributed by atoms with Crippen LogP contribution in [0.15, 0.2) is 94.7 Å². The van der Waals surface area contributed by atoms with Crippen molar-refractivity contribution in [2.75, 3.05) is 4.90 Å². The Kier molecular flexibility index (Phi) is 4.52. The quantitative estimate of drug-likeness (QED) is 0.659. The summed E-state index contributed by atoms with van der Waals surface area (Å²) in [5.74, 6) is -1.31. The van der Waals surface area contributed by atoms with Gasteiger partial charge in [0.1, 0.15) is 0 Å². The molecule has 27 heavy (non-hydrogen) atoms. The Labute approximate surface area is 160 Å². The minimum Gasteiger partial charge on any atom is -0.478 e. The second-order valence-corrected chi connectivity index (χ2v) is 7.05. The number of anilines is 1. The van der Waals surface area contributed by atoms with Crippen LogP contribution in [0.5, 0.6) is 0 Å². The van der Waals surface area contributed by atoms with Crippen molar-refractivity contribution in [3.8, 4) is 0 Å². The zero-order valence-corrected chi connectivity index (χ0v) is 15.0. The molecule has 0 aliphatic carbocycles. The average Bonchev–Trinajstić information content (AvgIpc) is 2.95. The fraction of sp³-hybridized carbons (Fsp3) is 0. The fourth-order valence-electron chi connectivity index (χ4n) is 3.09. The number of amides is 1. The second-order valence-electron chi connectivity index (χ2n) is 5.94. The van der Waals surface area contributed by atoms with Crippen LogP contribution in [0.4, 0.5) is 5.69 Å². The van der Waals surface area contributed by atoms with Gasteiger partial charge in [0.05, 0.1) is 11.4 Å². The number of carbonyl (C=O) groups excluding carboxylic acids is 1. The normalized spacial score (nSPS) is 14.4. The molecule has 1 amide bonds. The molecule has 132 valence electrons. The van der Waals surface area contributed by atoms with Crippen molar-refractivity contribution >= 4 is 35.0 Å². The molecule has 1 heterocycles. The van der Waals surface area contributed by atoms with E-state index < -0.39 is 5.97 Å². The average molecular weight is 373 g/mol. The van der Waals surface area contributed by atoms with Crippen LogP contribution in [0.25, 0.3) is 5.70 Å². The lowest BCUT2D eigenvalue weighted by molar-refractivity contribution is -0.131. The summed E-state index contributed by atoms with van der Waals surface area (Å²) >= 11 is 1.53. The minimum absolute atomic E-state index is 0.223. The summed E-state index contributed by atoms with van der Waals surface area (Å²) in [5.41, 5.74) is 2.18. The van der Waals surface area contributed by atoms with Crippen LogP contribution in [0.3, 0.4) is 0 Å². The lowest BCUT2D eigenvalue weighted by atomic mass is 10.1. The second kappa shape index (κ2) is 7.13. The molecular formula is C22H15NO3S. The van der Waals surface area contributed by atoms with Gasteiger partial charge in [-0.05, 0) is 30.3 Å². The monoisotopic (exact) mass is 373 g/mol. The number of para-hydroxylation sites is 1. The van der Waals surface area contributed by atoms with Gasteiger partial charge in [0, 0.05) is 27.0 Å². The van der Waals surface area contributed by atoms with Gasteiger partial charge >= 0.3 is 5.97 Å². The number of carbonyl (C=O) groups is 2. The third-order valence-electron chi connectivity index (χ3n) is 4.21. The third kappa shape index (κ3) is 3.25. The number of nitrogens with zero attached hydrogens (tertiary/aromatic N) is 1. The molecular weight excluding hydrogens is 358 g/mol. The fourth-order valence-corrected chi connectivity index (χ4v) is 4.04. The van der Waals surface area contributed by atoms with Gasteiger partial charge in [-0.3, -0.25) is 9.69 Å². The van der Waals surface area contributed by atoms with E-state index in [-0.39, 0.29) is 5.91 Å². The van der Waals surface area contributed by atoms with Crippen LogP contribution in [0.1, 0.15) is 15.9 Å². The third-order valence-corrected chi connectivity index (χ3v) is 5.29. The molecule has 0 radical (unpaired) electrons. The summed E-state index contributed by atoms with van der Waals surface area (Å²) in [4.78, 5) is 27.9. The number of fused-ring (bicyclic) bond motifs is 1. The number of carboxylic acids is 1. The molecule has 0 saturated heterocycles. The standard InChI is InChI=1S/C22H15NO3S/c24-21(25)14-19-16-10-4-5-11-17(16)22(26)23(19)18-12-6-7-13-20(18)27-15-8-2-1-3-9-15/h1-14H,(H,24,25)/b19-14+. The van der Waals surface area contributed by atoms with E-state index in [2.05, 4.69) is 0 Å². The Balaban J connectivity index is 1.83. The largest absolute Gasteiger partial charge is 0.478 e. The number of rotatable bonds is 4. The maximum atomic E-state index is 13.1. The molecule has 0 unspecified atom stereocenters. The molecule has 0 atom stereocenters. The van der Waals surface area contributed by atoms with E-state index in [1.165, 1.54) is 16.7 Å². The number of carboxylic acid groups (broad SMARTS) is 1. The molecule has 3 aromatic carbocycles. The zero-order valence-electron chi connectivity index (χ0n) is 14.2. The van der Waals surface area contributed by atoms with Crippen molar-refractivity contribution in [1.82, 2.24) is 0 Å². The molecule has 1 aliphatic heterocycles. The van der Waals surface area contributed by atoms with Crippen molar-refractivity contribution in [2.45, 2.75) is 9.79 Å². The van der Waals surface area contributed by atoms with E-state index >= 15 is 0 Å². The van der Waals surface area contributed by atoms with Gasteiger partial charge in [-0.25, -0.2) is 4.79 Å². The first-order chi connectivity index (χ1) is 13.1. The van der Waals surface area contributed by atoms with Crippen LogP contribution >= 0.6 is 11.8 Å². The van der Waals surface area contributed by atoms with Crippen LogP contribution < -0.4 is 4.90 Å². The minimum atomic E-state index is -1.09. The predicted molar refractivity (Wildman–Crippen MR) is 106 cm³/mol. The molecule has 0 aromatic heterocycles. The number of hydrogen-bond acceptors (Lipinski definition) is 3. The highest BCUT2D eigenvalue weighted by molar-refractivity contribution is 7.99. The van der Waals surface area contributed by atoms with E-state index in [0.29, 0.717) is 22.5 Å². The summed E-state index contributed by atoms with van der Waals surface area (Å²) in [5, 5.41) is 9.34. The van der Waals surface area contributed by atoms with Crippen molar-refractivity contribution in [3.63, 3.8) is 0 Å². The summed E-state index contributed by atoms with van der Waals surface area (Å²) in [6, 6.07) is 24.5. The van der Waals surface area contributed by atoms with E-state index in [0.717, 1.165) is 15.9 Å². The van der Waals surface area contributed by atoms with Gasteiger partial charge < -0.3 is 5.11 Å². The first-order valence-electron chi connectivity index (χ1n) is 8.35. The number of aliphatic carboxylic acids is 1. The summed E-state index contributed by atoms with van der Waals surface area (Å²) < 4.78 is 0. The van der Waals surface area contributed by atoms with E-state index in [4.69, 9.17) is 0 Å². The zero-order chi connectivity index (χ0) is 18.8. The number of hydrogen-bond donors (Lipinski definition) is 1. The Morgan fingerprint density at radius 3 is 2.22 bits per heavy atom. The lowest BCUT2D eigenvalue weighted by Crippen LogP contribution is -2.23. The van der Waals surface area contributed by atoms with Gasteiger partial charge in [0.15, 0.2) is 0 Å². The predicted octanol–water partition coefficient (Wildman–Crippen LogP) is 4.92. The van der Waals surface area contributed by atoms with E-state index in [1.807, 2.05) is 54.6 Å². The maximum Gasteiger partial charge on any atom is 0.330 e. The van der Waals surface area contributed by atoms with Crippen molar-refractivity contribution in [1.29, 1.82) is 0 Å². The molecule has 0 spiro atoms. The van der Waals surface area contributed by atoms with Gasteiger partial charge in [0.25, 0.3) is 5.91 Å². The molecule has 1 N–H and O–H groups in total. The Morgan fingerprint density at radius 2 is 1.48 bits per heavy atom. The van der Waals surface area contributed by atoms with Crippen molar-refractivity contribution in [2.24, 2.45) is 0 Å². The first-order valence-corrected chi connectivity index (χ1v) is 9.17. The van der Waals surface area contributed by atoms with Crippen LogP contribution in [0.2, 0.25) is 0 Å². The lowest BCUT2D eigenvalue weighted by Gasteiger charge is -2.21. The highest BCUT2D eigenvalue weighted by atomic mass is 32.2. The highest BCUT2D eigenvalue weighted by Gasteiger charge is 2.34. The summed E-state index contributed by atoms with van der Waals surface area (Å²) in [6.07, 6.45) is 1.09. The molecule has 4 rings (SSSR count). The van der Waals surface area contributed by atoms with Gasteiger partial charge in [0.2, 0.25) is 0 Å². The molecule has 0 saturated carbocycles. The highest BCUT2D eigenvalue weighted by Crippen LogP contribution is 2.42. The summed E-state index contributed by atoms with van der Waals surface area (Å²) in [6.45, 7) is 0. The Hall–Kier alpha value is -3.31. The van der Waals surface area contributed by atoms with E-state index in [9.17, 15) is 14.7 Å². The Bertz CT molecular complexity index is 1060.